The quantitative estimate of drug-likeness (QED) is 0.693. The zero-order valence-electron chi connectivity index (χ0n) is 9.71. The molecule has 1 nitrogen and oxygen atoms in total. The van der Waals surface area contributed by atoms with Crippen molar-refractivity contribution in [2.24, 2.45) is 4.99 Å². The molecule has 1 heteroatoms. The molecule has 17 heavy (non-hydrogen) atoms. The summed E-state index contributed by atoms with van der Waals surface area (Å²) in [6.45, 7) is 4.45. The van der Waals surface area contributed by atoms with Gasteiger partial charge in [0.2, 0.25) is 0 Å². The average molecular weight is 221 g/mol. The summed E-state index contributed by atoms with van der Waals surface area (Å²) < 4.78 is 0. The van der Waals surface area contributed by atoms with Crippen molar-refractivity contribution in [3.63, 3.8) is 0 Å². The van der Waals surface area contributed by atoms with Crippen LogP contribution in [0.25, 0.3) is 6.08 Å². The van der Waals surface area contributed by atoms with Gasteiger partial charge in [-0.05, 0) is 16.7 Å². The molecular weight excluding hydrogens is 206 g/mol. The molecule has 0 bridgehead atoms. The SMILES string of the molecule is C=Cc1ccc(CN=Cc2ccccc2)cc1. The van der Waals surface area contributed by atoms with Crippen LogP contribution < -0.4 is 0 Å². The van der Waals surface area contributed by atoms with Crippen molar-refractivity contribution in [1.82, 2.24) is 0 Å². The van der Waals surface area contributed by atoms with Gasteiger partial charge in [0.05, 0.1) is 6.54 Å². The Morgan fingerprint density at radius 3 is 2.24 bits per heavy atom. The Labute approximate surface area is 102 Å². The molecule has 2 aromatic rings. The van der Waals surface area contributed by atoms with Crippen LogP contribution in [-0.2, 0) is 6.54 Å². The molecule has 0 aromatic heterocycles. The van der Waals surface area contributed by atoms with Crippen LogP contribution in [-0.4, -0.2) is 6.21 Å². The van der Waals surface area contributed by atoms with Crippen LogP contribution >= 0.6 is 0 Å². The van der Waals surface area contributed by atoms with Crippen LogP contribution in [0.4, 0.5) is 0 Å². The van der Waals surface area contributed by atoms with E-state index in [-0.39, 0.29) is 0 Å². The summed E-state index contributed by atoms with van der Waals surface area (Å²) >= 11 is 0. The van der Waals surface area contributed by atoms with Crippen LogP contribution in [0.3, 0.4) is 0 Å². The van der Waals surface area contributed by atoms with Gasteiger partial charge in [0.1, 0.15) is 0 Å². The first kappa shape index (κ1) is 11.3. The monoisotopic (exact) mass is 221 g/mol. The van der Waals surface area contributed by atoms with Crippen molar-refractivity contribution in [3.05, 3.63) is 77.9 Å². The molecule has 0 N–H and O–H groups in total. The summed E-state index contributed by atoms with van der Waals surface area (Å²) in [5.41, 5.74) is 3.48. The highest BCUT2D eigenvalue weighted by Crippen LogP contribution is 2.06. The van der Waals surface area contributed by atoms with Crippen molar-refractivity contribution < 1.29 is 0 Å². The van der Waals surface area contributed by atoms with Gasteiger partial charge in [0.25, 0.3) is 0 Å². The van der Waals surface area contributed by atoms with E-state index in [2.05, 4.69) is 35.8 Å². The molecule has 0 unspecified atom stereocenters. The van der Waals surface area contributed by atoms with Crippen LogP contribution in [0, 0.1) is 0 Å². The van der Waals surface area contributed by atoms with Gasteiger partial charge in [-0.3, -0.25) is 4.99 Å². The van der Waals surface area contributed by atoms with Crippen LogP contribution in [0.1, 0.15) is 16.7 Å². The number of nitrogens with zero attached hydrogens (tertiary/aromatic N) is 1. The third kappa shape index (κ3) is 3.42. The van der Waals surface area contributed by atoms with E-state index in [0.29, 0.717) is 6.54 Å². The van der Waals surface area contributed by atoms with Gasteiger partial charge in [-0.1, -0.05) is 67.3 Å². The van der Waals surface area contributed by atoms with Crippen molar-refractivity contribution in [2.75, 3.05) is 0 Å². The van der Waals surface area contributed by atoms with Gasteiger partial charge in [-0.15, -0.1) is 0 Å². The van der Waals surface area contributed by atoms with Crippen LogP contribution in [0.15, 0.2) is 66.2 Å². The normalized spacial score (nSPS) is 10.6. The largest absolute Gasteiger partial charge is 0.288 e. The Bertz CT molecular complexity index is 495. The first-order valence-corrected chi connectivity index (χ1v) is 5.65. The zero-order valence-corrected chi connectivity index (χ0v) is 9.71. The fourth-order valence-electron chi connectivity index (χ4n) is 1.55. The molecule has 0 fully saturated rings. The van der Waals surface area contributed by atoms with Gasteiger partial charge in [0.15, 0.2) is 0 Å². The summed E-state index contributed by atoms with van der Waals surface area (Å²) in [4.78, 5) is 4.42. The molecule has 0 radical (unpaired) electrons. The topological polar surface area (TPSA) is 12.4 Å². The molecule has 0 aliphatic carbocycles. The summed E-state index contributed by atoms with van der Waals surface area (Å²) in [7, 11) is 0. The van der Waals surface area contributed by atoms with E-state index < -0.39 is 0 Å². The smallest absolute Gasteiger partial charge is 0.0639 e. The molecule has 0 spiro atoms. The predicted octanol–water partition coefficient (Wildman–Crippen LogP) is 3.95. The Morgan fingerprint density at radius 2 is 1.59 bits per heavy atom. The first-order valence-electron chi connectivity index (χ1n) is 5.65. The number of hydrogen-bond acceptors (Lipinski definition) is 1. The van der Waals surface area contributed by atoms with Crippen molar-refractivity contribution >= 4 is 12.3 Å². The predicted molar refractivity (Wildman–Crippen MR) is 74.3 cm³/mol. The van der Waals surface area contributed by atoms with Crippen LogP contribution in [0.2, 0.25) is 0 Å². The molecule has 2 rings (SSSR count). The fourth-order valence-corrected chi connectivity index (χ4v) is 1.55. The van der Waals surface area contributed by atoms with E-state index in [4.69, 9.17) is 0 Å². The van der Waals surface area contributed by atoms with E-state index in [0.717, 1.165) is 11.1 Å². The molecular formula is C16H15N. The average Bonchev–Trinajstić information content (AvgIpc) is 2.41. The minimum absolute atomic E-state index is 0.715. The standard InChI is InChI=1S/C16H15N/c1-2-14-8-10-16(11-9-14)13-17-12-15-6-4-3-5-7-15/h2-12H,1,13H2. The fraction of sp³-hybridized carbons (Fsp3) is 0.0625. The highest BCUT2D eigenvalue weighted by atomic mass is 14.7. The molecule has 0 saturated heterocycles. The molecule has 0 atom stereocenters. The van der Waals surface area contributed by atoms with E-state index in [1.165, 1.54) is 5.56 Å². The summed E-state index contributed by atoms with van der Waals surface area (Å²) in [6, 6.07) is 18.4. The molecule has 0 saturated carbocycles. The van der Waals surface area contributed by atoms with Gasteiger partial charge in [0, 0.05) is 6.21 Å². The molecule has 2 aromatic carbocycles. The molecule has 0 amide bonds. The minimum atomic E-state index is 0.715. The van der Waals surface area contributed by atoms with Gasteiger partial charge < -0.3 is 0 Å². The Balaban J connectivity index is 1.97. The maximum absolute atomic E-state index is 4.42. The van der Waals surface area contributed by atoms with E-state index in [1.54, 1.807) is 0 Å². The Hall–Kier alpha value is -2.15. The van der Waals surface area contributed by atoms with Gasteiger partial charge in [-0.2, -0.15) is 0 Å². The lowest BCUT2D eigenvalue weighted by atomic mass is 10.1. The number of rotatable bonds is 4. The molecule has 84 valence electrons. The maximum atomic E-state index is 4.42. The van der Waals surface area contributed by atoms with Crippen molar-refractivity contribution in [2.45, 2.75) is 6.54 Å². The lowest BCUT2D eigenvalue weighted by Gasteiger charge is -1.97. The second-order valence-electron chi connectivity index (χ2n) is 3.83. The lowest BCUT2D eigenvalue weighted by Crippen LogP contribution is -1.84. The highest BCUT2D eigenvalue weighted by Gasteiger charge is 1.90. The highest BCUT2D eigenvalue weighted by molar-refractivity contribution is 5.79. The zero-order chi connectivity index (χ0) is 11.9. The maximum Gasteiger partial charge on any atom is 0.0639 e. The van der Waals surface area contributed by atoms with Crippen molar-refractivity contribution in [1.29, 1.82) is 0 Å². The minimum Gasteiger partial charge on any atom is -0.288 e. The molecule has 0 aliphatic heterocycles. The van der Waals surface area contributed by atoms with Gasteiger partial charge >= 0.3 is 0 Å². The van der Waals surface area contributed by atoms with E-state index in [1.807, 2.05) is 42.6 Å². The van der Waals surface area contributed by atoms with E-state index in [9.17, 15) is 0 Å². The number of aliphatic imine (C=N–C) groups is 1. The summed E-state index contributed by atoms with van der Waals surface area (Å²) in [5.74, 6) is 0. The third-order valence-electron chi connectivity index (χ3n) is 2.53. The third-order valence-corrected chi connectivity index (χ3v) is 2.53. The molecule has 0 heterocycles. The second-order valence-corrected chi connectivity index (χ2v) is 3.83. The summed E-state index contributed by atoms with van der Waals surface area (Å²) in [6.07, 6.45) is 3.75. The second kappa shape index (κ2) is 5.80. The lowest BCUT2D eigenvalue weighted by molar-refractivity contribution is 1.08. The van der Waals surface area contributed by atoms with Crippen LogP contribution in [0.5, 0.6) is 0 Å². The Morgan fingerprint density at radius 1 is 0.882 bits per heavy atom. The number of benzene rings is 2. The first-order chi connectivity index (χ1) is 8.38. The van der Waals surface area contributed by atoms with E-state index >= 15 is 0 Å². The van der Waals surface area contributed by atoms with Crippen molar-refractivity contribution in [3.8, 4) is 0 Å². The Kier molecular flexibility index (Phi) is 3.87. The molecule has 0 aliphatic rings. The summed E-state index contributed by atoms with van der Waals surface area (Å²) in [5, 5.41) is 0. The van der Waals surface area contributed by atoms with Gasteiger partial charge in [-0.25, -0.2) is 0 Å². The number of hydrogen-bond donors (Lipinski definition) is 0.